The molecule has 1 aliphatic heterocycles. The number of hydrogen-bond acceptors (Lipinski definition) is 2. The van der Waals surface area contributed by atoms with Gasteiger partial charge in [-0.15, -0.1) is 0 Å². The van der Waals surface area contributed by atoms with Gasteiger partial charge in [0, 0.05) is 31.4 Å². The fourth-order valence-electron chi connectivity index (χ4n) is 3.39. The summed E-state index contributed by atoms with van der Waals surface area (Å²) in [4.78, 5) is 16.7. The van der Waals surface area contributed by atoms with Crippen molar-refractivity contribution in [3.63, 3.8) is 0 Å². The first-order chi connectivity index (χ1) is 12.3. The van der Waals surface area contributed by atoms with E-state index in [1.54, 1.807) is 0 Å². The van der Waals surface area contributed by atoms with Crippen molar-refractivity contribution in [2.45, 2.75) is 31.8 Å². The predicted molar refractivity (Wildman–Crippen MR) is 98.1 cm³/mol. The fraction of sp³-hybridized carbons (Fsp3) is 0.238. The van der Waals surface area contributed by atoms with Crippen LogP contribution in [0.5, 0.6) is 0 Å². The Bertz CT molecular complexity index is 852. The van der Waals surface area contributed by atoms with Crippen LogP contribution in [0.2, 0.25) is 0 Å². The predicted octanol–water partition coefficient (Wildman–Crippen LogP) is 3.22. The molecule has 1 N–H and O–H groups in total. The molecule has 0 spiro atoms. The van der Waals surface area contributed by atoms with Gasteiger partial charge in [-0.2, -0.15) is 0 Å². The average molecular weight is 331 g/mol. The van der Waals surface area contributed by atoms with Crippen LogP contribution in [0.3, 0.4) is 0 Å². The highest BCUT2D eigenvalue weighted by Gasteiger charge is 2.20. The zero-order chi connectivity index (χ0) is 17.1. The van der Waals surface area contributed by atoms with Crippen LogP contribution in [-0.4, -0.2) is 21.5 Å². The van der Waals surface area contributed by atoms with Gasteiger partial charge in [0.2, 0.25) is 5.91 Å². The lowest BCUT2D eigenvalue weighted by molar-refractivity contribution is -0.121. The molecule has 4 heteroatoms. The number of fused-ring (bicyclic) bond motifs is 1. The van der Waals surface area contributed by atoms with Crippen molar-refractivity contribution in [1.29, 1.82) is 0 Å². The van der Waals surface area contributed by atoms with Gasteiger partial charge in [-0.3, -0.25) is 4.79 Å². The summed E-state index contributed by atoms with van der Waals surface area (Å²) in [7, 11) is 0. The SMILES string of the molecule is O=C(Cc1ccc(-c2ccccc2)cc1)NC1CCc2nccn2C1. The molecule has 1 aromatic heterocycles. The molecule has 0 bridgehead atoms. The van der Waals surface area contributed by atoms with E-state index in [1.807, 2.05) is 42.7 Å². The van der Waals surface area contributed by atoms with E-state index in [2.05, 4.69) is 39.1 Å². The molecule has 1 amide bonds. The Balaban J connectivity index is 1.35. The number of aryl methyl sites for hydroxylation is 1. The maximum atomic E-state index is 12.3. The van der Waals surface area contributed by atoms with Crippen LogP contribution in [0.25, 0.3) is 11.1 Å². The number of aromatic nitrogens is 2. The highest BCUT2D eigenvalue weighted by atomic mass is 16.1. The van der Waals surface area contributed by atoms with Crippen molar-refractivity contribution in [3.8, 4) is 11.1 Å². The lowest BCUT2D eigenvalue weighted by Gasteiger charge is -2.24. The van der Waals surface area contributed by atoms with Crippen molar-refractivity contribution in [2.75, 3.05) is 0 Å². The third kappa shape index (κ3) is 3.63. The Morgan fingerprint density at radius 2 is 1.84 bits per heavy atom. The van der Waals surface area contributed by atoms with Crippen LogP contribution < -0.4 is 5.32 Å². The minimum atomic E-state index is 0.0843. The molecule has 3 aromatic rings. The molecular weight excluding hydrogens is 310 g/mol. The summed E-state index contributed by atoms with van der Waals surface area (Å²) >= 11 is 0. The number of carbonyl (C=O) groups is 1. The molecule has 2 aromatic carbocycles. The van der Waals surface area contributed by atoms with Gasteiger partial charge in [-0.1, -0.05) is 54.6 Å². The molecular formula is C21H21N3O. The zero-order valence-electron chi connectivity index (χ0n) is 14.1. The third-order valence-corrected chi connectivity index (χ3v) is 4.73. The van der Waals surface area contributed by atoms with Crippen LogP contribution >= 0.6 is 0 Å². The molecule has 1 atom stereocenters. The number of rotatable bonds is 4. The first-order valence-electron chi connectivity index (χ1n) is 8.72. The summed E-state index contributed by atoms with van der Waals surface area (Å²) < 4.78 is 2.13. The number of nitrogens with zero attached hydrogens (tertiary/aromatic N) is 2. The van der Waals surface area contributed by atoms with Gasteiger partial charge in [0.25, 0.3) is 0 Å². The standard InChI is InChI=1S/C21H21N3O/c25-21(23-19-10-11-20-22-12-13-24(20)15-19)14-16-6-8-18(9-7-16)17-4-2-1-3-5-17/h1-9,12-13,19H,10-11,14-15H2,(H,23,25). The second-order valence-corrected chi connectivity index (χ2v) is 6.54. The lowest BCUT2D eigenvalue weighted by atomic mass is 10.0. The Morgan fingerprint density at radius 3 is 2.64 bits per heavy atom. The highest BCUT2D eigenvalue weighted by Crippen LogP contribution is 2.19. The first kappa shape index (κ1) is 15.6. The molecule has 1 aliphatic rings. The number of carbonyl (C=O) groups excluding carboxylic acids is 1. The Hall–Kier alpha value is -2.88. The highest BCUT2D eigenvalue weighted by molar-refractivity contribution is 5.79. The van der Waals surface area contributed by atoms with Gasteiger partial charge in [-0.05, 0) is 23.1 Å². The monoisotopic (exact) mass is 331 g/mol. The van der Waals surface area contributed by atoms with Crippen molar-refractivity contribution in [3.05, 3.63) is 78.4 Å². The Kier molecular flexibility index (Phi) is 4.34. The largest absolute Gasteiger partial charge is 0.351 e. The van der Waals surface area contributed by atoms with Gasteiger partial charge in [0.1, 0.15) is 5.82 Å². The van der Waals surface area contributed by atoms with Gasteiger partial charge in [0.05, 0.1) is 6.42 Å². The molecule has 126 valence electrons. The van der Waals surface area contributed by atoms with E-state index in [1.165, 1.54) is 11.1 Å². The van der Waals surface area contributed by atoms with Gasteiger partial charge >= 0.3 is 0 Å². The average Bonchev–Trinajstić information content (AvgIpc) is 3.11. The van der Waals surface area contributed by atoms with E-state index in [9.17, 15) is 4.79 Å². The molecule has 0 saturated carbocycles. The van der Waals surface area contributed by atoms with E-state index >= 15 is 0 Å². The number of amides is 1. The van der Waals surface area contributed by atoms with Crippen molar-refractivity contribution in [2.24, 2.45) is 0 Å². The molecule has 4 nitrogen and oxygen atoms in total. The maximum absolute atomic E-state index is 12.3. The molecule has 25 heavy (non-hydrogen) atoms. The third-order valence-electron chi connectivity index (χ3n) is 4.73. The summed E-state index contributed by atoms with van der Waals surface area (Å²) in [5.41, 5.74) is 3.40. The normalized spacial score (nSPS) is 16.2. The second kappa shape index (κ2) is 6.93. The topological polar surface area (TPSA) is 46.9 Å². The van der Waals surface area contributed by atoms with Crippen LogP contribution in [-0.2, 0) is 24.2 Å². The lowest BCUT2D eigenvalue weighted by Crippen LogP contribution is -2.41. The van der Waals surface area contributed by atoms with Crippen molar-refractivity contribution in [1.82, 2.24) is 14.9 Å². The fourth-order valence-corrected chi connectivity index (χ4v) is 3.39. The Morgan fingerprint density at radius 1 is 1.08 bits per heavy atom. The summed E-state index contributed by atoms with van der Waals surface area (Å²) in [6.45, 7) is 0.814. The van der Waals surface area contributed by atoms with Crippen LogP contribution in [0, 0.1) is 0 Å². The summed E-state index contributed by atoms with van der Waals surface area (Å²) in [5.74, 6) is 1.20. The van der Waals surface area contributed by atoms with Gasteiger partial charge < -0.3 is 9.88 Å². The smallest absolute Gasteiger partial charge is 0.224 e. The van der Waals surface area contributed by atoms with Gasteiger partial charge in [0.15, 0.2) is 0 Å². The van der Waals surface area contributed by atoms with Crippen LogP contribution in [0.4, 0.5) is 0 Å². The summed E-state index contributed by atoms with van der Waals surface area (Å²) in [6.07, 6.45) is 6.10. The minimum Gasteiger partial charge on any atom is -0.351 e. The number of nitrogens with one attached hydrogen (secondary N) is 1. The minimum absolute atomic E-state index is 0.0843. The van der Waals surface area contributed by atoms with E-state index in [0.29, 0.717) is 6.42 Å². The van der Waals surface area contributed by atoms with Crippen LogP contribution in [0.15, 0.2) is 67.0 Å². The van der Waals surface area contributed by atoms with Crippen molar-refractivity contribution >= 4 is 5.91 Å². The van der Waals surface area contributed by atoms with E-state index < -0.39 is 0 Å². The number of imidazole rings is 1. The Labute approximate surface area is 147 Å². The van der Waals surface area contributed by atoms with E-state index in [4.69, 9.17) is 0 Å². The van der Waals surface area contributed by atoms with Gasteiger partial charge in [-0.25, -0.2) is 4.98 Å². The molecule has 1 unspecified atom stereocenters. The second-order valence-electron chi connectivity index (χ2n) is 6.54. The quantitative estimate of drug-likeness (QED) is 0.798. The molecule has 4 rings (SSSR count). The number of hydrogen-bond donors (Lipinski definition) is 1. The van der Waals surface area contributed by atoms with E-state index in [-0.39, 0.29) is 11.9 Å². The zero-order valence-corrected chi connectivity index (χ0v) is 14.1. The van der Waals surface area contributed by atoms with Crippen molar-refractivity contribution < 1.29 is 4.79 Å². The summed E-state index contributed by atoms with van der Waals surface area (Å²) in [5, 5.41) is 3.16. The molecule has 0 aliphatic carbocycles. The van der Waals surface area contributed by atoms with E-state index in [0.717, 1.165) is 30.8 Å². The first-order valence-corrected chi connectivity index (χ1v) is 8.72. The number of benzene rings is 2. The molecule has 0 fully saturated rings. The molecule has 2 heterocycles. The maximum Gasteiger partial charge on any atom is 0.224 e. The molecule has 0 radical (unpaired) electrons. The van der Waals surface area contributed by atoms with Crippen LogP contribution in [0.1, 0.15) is 17.8 Å². The molecule has 0 saturated heterocycles. The summed E-state index contributed by atoms with van der Waals surface area (Å²) in [6, 6.07) is 18.7.